The lowest BCUT2D eigenvalue weighted by atomic mass is 10.3. The van der Waals surface area contributed by atoms with Gasteiger partial charge in [-0.2, -0.15) is 0 Å². The number of rotatable bonds is 5. The number of halogens is 1. The third-order valence-electron chi connectivity index (χ3n) is 2.51. The number of hydrogen-bond donors (Lipinski definition) is 2. The van der Waals surface area contributed by atoms with Crippen molar-refractivity contribution in [2.75, 3.05) is 16.6 Å². The largest absolute Gasteiger partial charge is 0.384 e. The fraction of sp³-hybridized carbons (Fsp3) is 0.154. The van der Waals surface area contributed by atoms with Crippen LogP contribution in [0.25, 0.3) is 0 Å². The molecule has 0 saturated heterocycles. The highest BCUT2D eigenvalue weighted by Gasteiger charge is 2.18. The van der Waals surface area contributed by atoms with E-state index in [0.717, 1.165) is 12.3 Å². The van der Waals surface area contributed by atoms with Crippen molar-refractivity contribution in [3.63, 3.8) is 0 Å². The molecule has 5 nitrogen and oxygen atoms in total. The lowest BCUT2D eigenvalue weighted by Crippen LogP contribution is -2.16. The second kappa shape index (κ2) is 5.87. The summed E-state index contributed by atoms with van der Waals surface area (Å²) in [5, 5.41) is 2.98. The molecule has 0 amide bonds. The number of para-hydroxylation sites is 1. The molecule has 0 saturated carbocycles. The van der Waals surface area contributed by atoms with Gasteiger partial charge in [0.1, 0.15) is 16.5 Å². The monoisotopic (exact) mass is 295 g/mol. The van der Waals surface area contributed by atoms with Gasteiger partial charge in [0.2, 0.25) is 0 Å². The highest BCUT2D eigenvalue weighted by Crippen LogP contribution is 2.22. The topological polar surface area (TPSA) is 71.1 Å². The van der Waals surface area contributed by atoms with E-state index in [-0.39, 0.29) is 10.7 Å². The molecule has 0 unspecified atom stereocenters. The minimum absolute atomic E-state index is 0.0673. The second-order valence-corrected chi connectivity index (χ2v) is 5.64. The van der Waals surface area contributed by atoms with Crippen LogP contribution in [0.4, 0.5) is 15.9 Å². The number of benzene rings is 1. The van der Waals surface area contributed by atoms with Crippen molar-refractivity contribution in [3.05, 3.63) is 48.4 Å². The maximum absolute atomic E-state index is 12.8. The number of aromatic nitrogens is 1. The molecule has 0 spiro atoms. The molecule has 0 aliphatic carbocycles. The SMILES string of the molecule is CCNc1ccccc1S(=O)(=O)Nc1ccc(F)cn1. The van der Waals surface area contributed by atoms with Crippen molar-refractivity contribution in [1.29, 1.82) is 0 Å². The molecule has 20 heavy (non-hydrogen) atoms. The molecule has 7 heteroatoms. The first-order valence-corrected chi connectivity index (χ1v) is 7.48. The van der Waals surface area contributed by atoms with Gasteiger partial charge in [-0.15, -0.1) is 0 Å². The number of hydrogen-bond acceptors (Lipinski definition) is 4. The van der Waals surface area contributed by atoms with Crippen LogP contribution in [0.2, 0.25) is 0 Å². The molecule has 0 aliphatic rings. The van der Waals surface area contributed by atoms with Gasteiger partial charge in [-0.05, 0) is 31.2 Å². The molecule has 1 heterocycles. The van der Waals surface area contributed by atoms with Gasteiger partial charge in [0, 0.05) is 6.54 Å². The molecule has 106 valence electrons. The Bertz CT molecular complexity index is 687. The molecule has 1 aromatic carbocycles. The van der Waals surface area contributed by atoms with Crippen LogP contribution in [0.5, 0.6) is 0 Å². The van der Waals surface area contributed by atoms with Crippen molar-refractivity contribution < 1.29 is 12.8 Å². The Labute approximate surface area is 116 Å². The summed E-state index contributed by atoms with van der Waals surface area (Å²) in [6.45, 7) is 2.47. The van der Waals surface area contributed by atoms with E-state index in [0.29, 0.717) is 12.2 Å². The minimum atomic E-state index is -3.78. The first-order chi connectivity index (χ1) is 9.53. The van der Waals surface area contributed by atoms with Gasteiger partial charge in [0.05, 0.1) is 11.9 Å². The third kappa shape index (κ3) is 3.24. The quantitative estimate of drug-likeness (QED) is 0.889. The van der Waals surface area contributed by atoms with E-state index >= 15 is 0 Å². The molecule has 2 rings (SSSR count). The van der Waals surface area contributed by atoms with E-state index < -0.39 is 15.8 Å². The number of nitrogens with one attached hydrogen (secondary N) is 2. The Morgan fingerprint density at radius 3 is 2.60 bits per heavy atom. The first kappa shape index (κ1) is 14.3. The molecule has 0 radical (unpaired) electrons. The summed E-state index contributed by atoms with van der Waals surface area (Å²) >= 11 is 0. The second-order valence-electron chi connectivity index (χ2n) is 3.99. The Morgan fingerprint density at radius 2 is 1.95 bits per heavy atom. The van der Waals surface area contributed by atoms with Crippen LogP contribution in [0.15, 0.2) is 47.5 Å². The predicted molar refractivity (Wildman–Crippen MR) is 75.6 cm³/mol. The molecule has 2 N–H and O–H groups in total. The summed E-state index contributed by atoms with van der Waals surface area (Å²) in [6, 6.07) is 8.95. The fourth-order valence-electron chi connectivity index (χ4n) is 1.67. The van der Waals surface area contributed by atoms with Gasteiger partial charge >= 0.3 is 0 Å². The van der Waals surface area contributed by atoms with Crippen LogP contribution in [-0.4, -0.2) is 19.9 Å². The number of pyridine rings is 1. The average molecular weight is 295 g/mol. The summed E-state index contributed by atoms with van der Waals surface area (Å²) in [4.78, 5) is 3.80. The van der Waals surface area contributed by atoms with Crippen molar-refractivity contribution in [2.24, 2.45) is 0 Å². The molecule has 0 fully saturated rings. The Balaban J connectivity index is 2.33. The first-order valence-electron chi connectivity index (χ1n) is 6.00. The van der Waals surface area contributed by atoms with Crippen molar-refractivity contribution in [2.45, 2.75) is 11.8 Å². The summed E-state index contributed by atoms with van der Waals surface area (Å²) in [5.74, 6) is -0.460. The smallest absolute Gasteiger partial charge is 0.265 e. The molecule has 0 bridgehead atoms. The maximum atomic E-state index is 12.8. The van der Waals surface area contributed by atoms with E-state index in [1.807, 2.05) is 6.92 Å². The molecule has 0 atom stereocenters. The molecule has 1 aromatic heterocycles. The Kier molecular flexibility index (Phi) is 4.19. The van der Waals surface area contributed by atoms with Crippen LogP contribution < -0.4 is 10.0 Å². The van der Waals surface area contributed by atoms with Gasteiger partial charge in [-0.3, -0.25) is 4.72 Å². The Hall–Kier alpha value is -2.15. The number of nitrogens with zero attached hydrogens (tertiary/aromatic N) is 1. The lowest BCUT2D eigenvalue weighted by Gasteiger charge is -2.12. The average Bonchev–Trinajstić information content (AvgIpc) is 2.42. The standard InChI is InChI=1S/C13H14FN3O2S/c1-2-15-11-5-3-4-6-12(11)20(18,19)17-13-8-7-10(14)9-16-13/h3-9,15H,2H2,1H3,(H,16,17). The fourth-order valence-corrected chi connectivity index (χ4v) is 2.86. The van der Waals surface area contributed by atoms with E-state index in [2.05, 4.69) is 15.0 Å². The highest BCUT2D eigenvalue weighted by molar-refractivity contribution is 7.92. The zero-order chi connectivity index (χ0) is 14.6. The highest BCUT2D eigenvalue weighted by atomic mass is 32.2. The van der Waals surface area contributed by atoms with Crippen molar-refractivity contribution >= 4 is 21.5 Å². The van der Waals surface area contributed by atoms with Gasteiger partial charge in [-0.25, -0.2) is 17.8 Å². The van der Waals surface area contributed by atoms with Gasteiger partial charge < -0.3 is 5.32 Å². The van der Waals surface area contributed by atoms with E-state index in [1.165, 1.54) is 12.1 Å². The molecule has 2 aromatic rings. The third-order valence-corrected chi connectivity index (χ3v) is 3.92. The van der Waals surface area contributed by atoms with E-state index in [1.54, 1.807) is 18.2 Å². The number of sulfonamides is 1. The van der Waals surface area contributed by atoms with Crippen LogP contribution in [0, 0.1) is 5.82 Å². The van der Waals surface area contributed by atoms with Gasteiger partial charge in [-0.1, -0.05) is 12.1 Å². The summed E-state index contributed by atoms with van der Waals surface area (Å²) < 4.78 is 39.7. The van der Waals surface area contributed by atoms with Gasteiger partial charge in [0.15, 0.2) is 0 Å². The summed E-state index contributed by atoms with van der Waals surface area (Å²) in [7, 11) is -3.78. The molecular formula is C13H14FN3O2S. The maximum Gasteiger partial charge on any atom is 0.265 e. The Morgan fingerprint density at radius 1 is 1.20 bits per heavy atom. The van der Waals surface area contributed by atoms with Crippen LogP contribution in [0.1, 0.15) is 6.92 Å². The molecular weight excluding hydrogens is 281 g/mol. The van der Waals surface area contributed by atoms with Crippen molar-refractivity contribution in [1.82, 2.24) is 4.98 Å². The number of anilines is 2. The normalized spacial score (nSPS) is 11.1. The van der Waals surface area contributed by atoms with E-state index in [9.17, 15) is 12.8 Å². The molecule has 0 aliphatic heterocycles. The van der Waals surface area contributed by atoms with Crippen LogP contribution in [-0.2, 0) is 10.0 Å². The minimum Gasteiger partial charge on any atom is -0.384 e. The van der Waals surface area contributed by atoms with Crippen molar-refractivity contribution in [3.8, 4) is 0 Å². The van der Waals surface area contributed by atoms with Crippen LogP contribution in [0.3, 0.4) is 0 Å². The zero-order valence-electron chi connectivity index (χ0n) is 10.8. The van der Waals surface area contributed by atoms with E-state index in [4.69, 9.17) is 0 Å². The summed E-state index contributed by atoms with van der Waals surface area (Å²) in [6.07, 6.45) is 0.952. The summed E-state index contributed by atoms with van der Waals surface area (Å²) in [5.41, 5.74) is 0.504. The van der Waals surface area contributed by atoms with Crippen LogP contribution >= 0.6 is 0 Å². The predicted octanol–water partition coefficient (Wildman–Crippen LogP) is 2.45. The zero-order valence-corrected chi connectivity index (χ0v) is 11.6. The lowest BCUT2D eigenvalue weighted by molar-refractivity contribution is 0.600. The van der Waals surface area contributed by atoms with Gasteiger partial charge in [0.25, 0.3) is 10.0 Å².